The van der Waals surface area contributed by atoms with Crippen molar-refractivity contribution in [3.63, 3.8) is 0 Å². The van der Waals surface area contributed by atoms with Gasteiger partial charge in [-0.1, -0.05) is 30.3 Å². The first-order valence-electron chi connectivity index (χ1n) is 7.57. The molecule has 2 aromatic carbocycles. The number of amides is 1. The predicted molar refractivity (Wildman–Crippen MR) is 90.9 cm³/mol. The van der Waals surface area contributed by atoms with Crippen LogP contribution in [0.1, 0.15) is 16.1 Å². The van der Waals surface area contributed by atoms with Gasteiger partial charge in [0, 0.05) is 11.1 Å². The molecule has 1 aromatic heterocycles. The number of carbonyl (C=O) groups is 2. The van der Waals surface area contributed by atoms with E-state index in [0.29, 0.717) is 17.7 Å². The highest BCUT2D eigenvalue weighted by Crippen LogP contribution is 2.19. The van der Waals surface area contributed by atoms with E-state index < -0.39 is 18.5 Å². The van der Waals surface area contributed by atoms with E-state index in [-0.39, 0.29) is 5.76 Å². The zero-order valence-electron chi connectivity index (χ0n) is 13.2. The van der Waals surface area contributed by atoms with Crippen LogP contribution in [0.5, 0.6) is 0 Å². The number of nitriles is 1. The molecule has 0 fully saturated rings. The maximum Gasteiger partial charge on any atom is 0.374 e. The zero-order valence-corrected chi connectivity index (χ0v) is 13.2. The summed E-state index contributed by atoms with van der Waals surface area (Å²) in [5, 5.41) is 12.0. The SMILES string of the molecule is N#CCc1ccc(NC(=O)COC(=O)c2cc3ccccc3o2)cc1. The third-order valence-electron chi connectivity index (χ3n) is 3.48. The Morgan fingerprint density at radius 1 is 1.12 bits per heavy atom. The van der Waals surface area contributed by atoms with Gasteiger partial charge in [0.15, 0.2) is 6.61 Å². The second kappa shape index (κ2) is 7.32. The molecule has 124 valence electrons. The molecule has 25 heavy (non-hydrogen) atoms. The summed E-state index contributed by atoms with van der Waals surface area (Å²) in [6, 6.07) is 17.7. The van der Waals surface area contributed by atoms with Crippen LogP contribution in [-0.2, 0) is 16.0 Å². The van der Waals surface area contributed by atoms with Crippen LogP contribution in [0.25, 0.3) is 11.0 Å². The van der Waals surface area contributed by atoms with Gasteiger partial charge in [-0.3, -0.25) is 4.79 Å². The Morgan fingerprint density at radius 3 is 2.60 bits per heavy atom. The van der Waals surface area contributed by atoms with Crippen LogP contribution in [-0.4, -0.2) is 18.5 Å². The molecular formula is C19H14N2O4. The van der Waals surface area contributed by atoms with Gasteiger partial charge in [0.1, 0.15) is 5.58 Å². The monoisotopic (exact) mass is 334 g/mol. The normalized spacial score (nSPS) is 10.2. The number of benzene rings is 2. The molecule has 0 aliphatic rings. The molecule has 0 radical (unpaired) electrons. The maximum atomic E-state index is 12.0. The van der Waals surface area contributed by atoms with Crippen molar-refractivity contribution in [2.75, 3.05) is 11.9 Å². The molecule has 3 rings (SSSR count). The average Bonchev–Trinajstić information content (AvgIpc) is 3.06. The van der Waals surface area contributed by atoms with E-state index in [1.807, 2.05) is 18.2 Å². The number of ether oxygens (including phenoxy) is 1. The molecule has 0 bridgehead atoms. The van der Waals surface area contributed by atoms with Gasteiger partial charge in [-0.15, -0.1) is 0 Å². The lowest BCUT2D eigenvalue weighted by atomic mass is 10.1. The van der Waals surface area contributed by atoms with Crippen LogP contribution >= 0.6 is 0 Å². The number of fused-ring (bicyclic) bond motifs is 1. The van der Waals surface area contributed by atoms with E-state index in [1.54, 1.807) is 42.5 Å². The molecule has 1 heterocycles. The fourth-order valence-corrected chi connectivity index (χ4v) is 2.28. The second-order valence-corrected chi connectivity index (χ2v) is 5.30. The van der Waals surface area contributed by atoms with Crippen LogP contribution in [0, 0.1) is 11.3 Å². The smallest absolute Gasteiger partial charge is 0.374 e. The van der Waals surface area contributed by atoms with Gasteiger partial charge in [0.2, 0.25) is 5.76 Å². The number of nitrogens with one attached hydrogen (secondary N) is 1. The number of hydrogen-bond donors (Lipinski definition) is 1. The van der Waals surface area contributed by atoms with E-state index >= 15 is 0 Å². The minimum Gasteiger partial charge on any atom is -0.450 e. The van der Waals surface area contributed by atoms with Crippen molar-refractivity contribution >= 4 is 28.5 Å². The van der Waals surface area contributed by atoms with Crippen LogP contribution in [0.2, 0.25) is 0 Å². The summed E-state index contributed by atoms with van der Waals surface area (Å²) in [7, 11) is 0. The lowest BCUT2D eigenvalue weighted by Gasteiger charge is -2.06. The van der Waals surface area contributed by atoms with Crippen molar-refractivity contribution in [2.45, 2.75) is 6.42 Å². The van der Waals surface area contributed by atoms with E-state index in [0.717, 1.165) is 10.9 Å². The fourth-order valence-electron chi connectivity index (χ4n) is 2.28. The van der Waals surface area contributed by atoms with Gasteiger partial charge in [-0.25, -0.2) is 4.79 Å². The third-order valence-corrected chi connectivity index (χ3v) is 3.48. The summed E-state index contributed by atoms with van der Waals surface area (Å²) >= 11 is 0. The highest BCUT2D eigenvalue weighted by Gasteiger charge is 2.15. The molecule has 0 aliphatic heterocycles. The summed E-state index contributed by atoms with van der Waals surface area (Å²) in [5.74, 6) is -1.11. The first-order valence-corrected chi connectivity index (χ1v) is 7.57. The molecule has 3 aromatic rings. The van der Waals surface area contributed by atoms with Crippen molar-refractivity contribution in [1.29, 1.82) is 5.26 Å². The van der Waals surface area contributed by atoms with Crippen LogP contribution in [0.3, 0.4) is 0 Å². The maximum absolute atomic E-state index is 12.0. The molecule has 6 heteroatoms. The first-order chi connectivity index (χ1) is 12.2. The largest absolute Gasteiger partial charge is 0.450 e. The van der Waals surface area contributed by atoms with Crippen molar-refractivity contribution < 1.29 is 18.7 Å². The standard InChI is InChI=1S/C19H14N2O4/c20-10-9-13-5-7-15(8-6-13)21-18(22)12-24-19(23)17-11-14-3-1-2-4-16(14)25-17/h1-8,11H,9,12H2,(H,21,22). The lowest BCUT2D eigenvalue weighted by Crippen LogP contribution is -2.20. The predicted octanol–water partition coefficient (Wildman–Crippen LogP) is 3.29. The Hall–Kier alpha value is -3.59. The Kier molecular flexibility index (Phi) is 4.77. The molecule has 0 saturated heterocycles. The molecule has 0 aliphatic carbocycles. The molecule has 1 amide bonds. The molecule has 0 spiro atoms. The van der Waals surface area contributed by atoms with Crippen molar-refractivity contribution in [2.24, 2.45) is 0 Å². The van der Waals surface area contributed by atoms with Gasteiger partial charge in [0.25, 0.3) is 5.91 Å². The summed E-state index contributed by atoms with van der Waals surface area (Å²) in [5.41, 5.74) is 2.00. The van der Waals surface area contributed by atoms with Crippen molar-refractivity contribution in [3.05, 3.63) is 65.9 Å². The number of anilines is 1. The number of furan rings is 1. The van der Waals surface area contributed by atoms with Crippen LogP contribution in [0.4, 0.5) is 5.69 Å². The topological polar surface area (TPSA) is 92.3 Å². The van der Waals surface area contributed by atoms with E-state index in [1.165, 1.54) is 0 Å². The molecule has 0 atom stereocenters. The fraction of sp³-hybridized carbons (Fsp3) is 0.105. The average molecular weight is 334 g/mol. The van der Waals surface area contributed by atoms with Crippen molar-refractivity contribution in [3.8, 4) is 6.07 Å². The molecular weight excluding hydrogens is 320 g/mol. The summed E-state index contributed by atoms with van der Waals surface area (Å²) in [6.07, 6.45) is 0.309. The number of carbonyl (C=O) groups excluding carboxylic acids is 2. The third kappa shape index (κ3) is 4.03. The Balaban J connectivity index is 1.54. The summed E-state index contributed by atoms with van der Waals surface area (Å²) < 4.78 is 10.4. The highest BCUT2D eigenvalue weighted by atomic mass is 16.5. The van der Waals surface area contributed by atoms with Gasteiger partial charge < -0.3 is 14.5 Å². The molecule has 6 nitrogen and oxygen atoms in total. The van der Waals surface area contributed by atoms with Crippen molar-refractivity contribution in [1.82, 2.24) is 0 Å². The number of rotatable bonds is 5. The number of esters is 1. The molecule has 0 unspecified atom stereocenters. The molecule has 1 N–H and O–H groups in total. The first kappa shape index (κ1) is 16.3. The van der Waals surface area contributed by atoms with E-state index in [4.69, 9.17) is 14.4 Å². The minimum absolute atomic E-state index is 0.0508. The Bertz CT molecular complexity index is 918. The highest BCUT2D eigenvalue weighted by molar-refractivity contribution is 5.96. The van der Waals surface area contributed by atoms with Gasteiger partial charge >= 0.3 is 5.97 Å². The van der Waals surface area contributed by atoms with Gasteiger partial charge in [-0.2, -0.15) is 5.26 Å². The number of nitrogens with zero attached hydrogens (tertiary/aromatic N) is 1. The van der Waals surface area contributed by atoms with E-state index in [9.17, 15) is 9.59 Å². The lowest BCUT2D eigenvalue weighted by molar-refractivity contribution is -0.119. The minimum atomic E-state index is -0.698. The zero-order chi connectivity index (χ0) is 17.6. The van der Waals surface area contributed by atoms with Crippen LogP contribution < -0.4 is 5.32 Å². The van der Waals surface area contributed by atoms with Gasteiger partial charge in [-0.05, 0) is 29.8 Å². The number of hydrogen-bond acceptors (Lipinski definition) is 5. The second-order valence-electron chi connectivity index (χ2n) is 5.30. The summed E-state index contributed by atoms with van der Waals surface area (Å²) in [4.78, 5) is 23.8. The van der Waals surface area contributed by atoms with E-state index in [2.05, 4.69) is 5.32 Å². The quantitative estimate of drug-likeness (QED) is 0.723. The van der Waals surface area contributed by atoms with Gasteiger partial charge in [0.05, 0.1) is 12.5 Å². The molecule has 0 saturated carbocycles. The Morgan fingerprint density at radius 2 is 1.88 bits per heavy atom. The van der Waals surface area contributed by atoms with Crippen LogP contribution in [0.15, 0.2) is 59.0 Å². The Labute approximate surface area is 143 Å². The number of para-hydroxylation sites is 1. The summed E-state index contributed by atoms with van der Waals surface area (Å²) in [6.45, 7) is -0.421.